The Balaban J connectivity index is 1.64. The van der Waals surface area contributed by atoms with Crippen molar-refractivity contribution < 1.29 is 19.0 Å². The van der Waals surface area contributed by atoms with Crippen molar-refractivity contribution in [2.75, 3.05) is 32.1 Å². The second kappa shape index (κ2) is 11.9. The molecule has 0 fully saturated rings. The summed E-state index contributed by atoms with van der Waals surface area (Å²) in [5, 5.41) is 2.99. The van der Waals surface area contributed by atoms with Crippen LogP contribution in [0.2, 0.25) is 0 Å². The molecule has 0 aliphatic heterocycles. The fraction of sp³-hybridized carbons (Fsp3) is 0.296. The number of carbonyl (C=O) groups excluding carboxylic acids is 1. The van der Waals surface area contributed by atoms with Crippen molar-refractivity contribution in [3.63, 3.8) is 0 Å². The first kappa shape index (κ1) is 24.1. The second-order valence-corrected chi connectivity index (χ2v) is 7.68. The molecule has 1 amide bonds. The predicted octanol–water partition coefficient (Wildman–Crippen LogP) is 5.66. The number of ether oxygens (including phenoxy) is 3. The number of aryl methyl sites for hydroxylation is 1. The van der Waals surface area contributed by atoms with Gasteiger partial charge in [0, 0.05) is 6.54 Å². The van der Waals surface area contributed by atoms with Crippen LogP contribution in [0.1, 0.15) is 25.0 Å². The van der Waals surface area contributed by atoms with E-state index in [0.29, 0.717) is 30.3 Å². The summed E-state index contributed by atoms with van der Waals surface area (Å²) in [7, 11) is 1.63. The highest BCUT2D eigenvalue weighted by molar-refractivity contribution is 5.93. The molecular weight excluding hydrogens is 416 g/mol. The average molecular weight is 449 g/mol. The van der Waals surface area contributed by atoms with Gasteiger partial charge in [-0.1, -0.05) is 42.8 Å². The van der Waals surface area contributed by atoms with Crippen LogP contribution < -0.4 is 19.5 Å². The minimum Gasteiger partial charge on any atom is -0.493 e. The van der Waals surface area contributed by atoms with Gasteiger partial charge in [0.2, 0.25) is 5.91 Å². The summed E-state index contributed by atoms with van der Waals surface area (Å²) in [5.41, 5.74) is 2.85. The van der Waals surface area contributed by atoms with Gasteiger partial charge in [-0.3, -0.25) is 9.69 Å². The Morgan fingerprint density at radius 1 is 0.939 bits per heavy atom. The zero-order valence-corrected chi connectivity index (χ0v) is 19.8. The molecule has 1 N–H and O–H groups in total. The molecule has 0 atom stereocenters. The number of benzene rings is 3. The molecule has 3 rings (SSSR count). The molecule has 3 aromatic carbocycles. The van der Waals surface area contributed by atoms with Crippen molar-refractivity contribution >= 4 is 11.6 Å². The van der Waals surface area contributed by atoms with Crippen molar-refractivity contribution in [2.24, 2.45) is 0 Å². The molecule has 0 radical (unpaired) electrons. The van der Waals surface area contributed by atoms with Gasteiger partial charge in [0.15, 0.2) is 17.2 Å². The van der Waals surface area contributed by atoms with Crippen molar-refractivity contribution in [1.82, 2.24) is 4.90 Å². The molecule has 33 heavy (non-hydrogen) atoms. The van der Waals surface area contributed by atoms with Crippen LogP contribution in [0.3, 0.4) is 0 Å². The Labute approximate surface area is 196 Å². The Kier molecular flexibility index (Phi) is 8.72. The third kappa shape index (κ3) is 6.99. The van der Waals surface area contributed by atoms with E-state index in [0.717, 1.165) is 29.2 Å². The summed E-state index contributed by atoms with van der Waals surface area (Å²) < 4.78 is 17.0. The maximum Gasteiger partial charge on any atom is 0.238 e. The molecular formula is C27H32N2O4. The number of amides is 1. The van der Waals surface area contributed by atoms with Gasteiger partial charge in [0.05, 0.1) is 25.9 Å². The maximum atomic E-state index is 12.8. The SMILES string of the molecule is CCOc1ccc(CN(CC)CC(=O)Nc2ccccc2Oc2ccc(C)cc2)cc1OC. The van der Waals surface area contributed by atoms with Gasteiger partial charge >= 0.3 is 0 Å². The summed E-state index contributed by atoms with van der Waals surface area (Å²) >= 11 is 0. The topological polar surface area (TPSA) is 60.0 Å². The highest BCUT2D eigenvalue weighted by Crippen LogP contribution is 2.30. The van der Waals surface area contributed by atoms with Crippen LogP contribution in [-0.4, -0.2) is 37.6 Å². The number of nitrogens with one attached hydrogen (secondary N) is 1. The molecule has 0 aliphatic carbocycles. The number of hydrogen-bond acceptors (Lipinski definition) is 5. The first-order valence-electron chi connectivity index (χ1n) is 11.2. The van der Waals surface area contributed by atoms with Crippen LogP contribution in [0.15, 0.2) is 66.7 Å². The smallest absolute Gasteiger partial charge is 0.238 e. The molecule has 0 saturated heterocycles. The molecule has 0 unspecified atom stereocenters. The lowest BCUT2D eigenvalue weighted by atomic mass is 10.2. The number of rotatable bonds is 11. The first-order chi connectivity index (χ1) is 16.0. The number of methoxy groups -OCH3 is 1. The fourth-order valence-electron chi connectivity index (χ4n) is 3.41. The van der Waals surface area contributed by atoms with E-state index >= 15 is 0 Å². The largest absolute Gasteiger partial charge is 0.493 e. The number of carbonyl (C=O) groups is 1. The van der Waals surface area contributed by atoms with Crippen molar-refractivity contribution in [2.45, 2.75) is 27.3 Å². The highest BCUT2D eigenvalue weighted by atomic mass is 16.5. The highest BCUT2D eigenvalue weighted by Gasteiger charge is 2.14. The predicted molar refractivity (Wildman–Crippen MR) is 131 cm³/mol. The van der Waals surface area contributed by atoms with E-state index in [1.54, 1.807) is 7.11 Å². The van der Waals surface area contributed by atoms with Gasteiger partial charge in [-0.25, -0.2) is 0 Å². The standard InChI is InChI=1S/C27H32N2O4/c1-5-29(18-21-13-16-25(32-6-2)26(17-21)31-4)19-27(30)28-23-9-7-8-10-24(23)33-22-14-11-20(3)12-15-22/h7-17H,5-6,18-19H2,1-4H3,(H,28,30). The lowest BCUT2D eigenvalue weighted by molar-refractivity contribution is -0.117. The summed E-state index contributed by atoms with van der Waals surface area (Å²) in [6.07, 6.45) is 0. The van der Waals surface area contributed by atoms with Crippen LogP contribution in [-0.2, 0) is 11.3 Å². The molecule has 0 heterocycles. The monoisotopic (exact) mass is 448 g/mol. The average Bonchev–Trinajstić information content (AvgIpc) is 2.82. The molecule has 0 aliphatic rings. The lowest BCUT2D eigenvalue weighted by Gasteiger charge is -2.21. The van der Waals surface area contributed by atoms with Gasteiger partial charge in [-0.2, -0.15) is 0 Å². The van der Waals surface area contributed by atoms with Crippen LogP contribution in [0.4, 0.5) is 5.69 Å². The van der Waals surface area contributed by atoms with Gasteiger partial charge in [0.1, 0.15) is 5.75 Å². The van der Waals surface area contributed by atoms with Crippen molar-refractivity contribution in [1.29, 1.82) is 0 Å². The second-order valence-electron chi connectivity index (χ2n) is 7.68. The van der Waals surface area contributed by atoms with Gasteiger partial charge < -0.3 is 19.5 Å². The number of anilines is 1. The fourth-order valence-corrected chi connectivity index (χ4v) is 3.41. The van der Waals surface area contributed by atoms with Crippen molar-refractivity contribution in [3.8, 4) is 23.0 Å². The van der Waals surface area contributed by atoms with Crippen LogP contribution in [0.25, 0.3) is 0 Å². The van der Waals surface area contributed by atoms with E-state index in [2.05, 4.69) is 10.2 Å². The Hall–Kier alpha value is -3.51. The Bertz CT molecular complexity index is 1050. The zero-order chi connectivity index (χ0) is 23.6. The third-order valence-corrected chi connectivity index (χ3v) is 5.16. The molecule has 174 valence electrons. The van der Waals surface area contributed by atoms with E-state index in [1.165, 1.54) is 0 Å². The molecule has 0 spiro atoms. The lowest BCUT2D eigenvalue weighted by Crippen LogP contribution is -2.32. The minimum absolute atomic E-state index is 0.102. The quantitative estimate of drug-likeness (QED) is 0.410. The third-order valence-electron chi connectivity index (χ3n) is 5.16. The van der Waals surface area contributed by atoms with Gasteiger partial charge in [0.25, 0.3) is 0 Å². The van der Waals surface area contributed by atoms with E-state index in [9.17, 15) is 4.79 Å². The zero-order valence-electron chi connectivity index (χ0n) is 19.8. The molecule has 0 bridgehead atoms. The van der Waals surface area contributed by atoms with Crippen LogP contribution in [0.5, 0.6) is 23.0 Å². The van der Waals surface area contributed by atoms with E-state index in [-0.39, 0.29) is 12.5 Å². The first-order valence-corrected chi connectivity index (χ1v) is 11.2. The van der Waals surface area contributed by atoms with E-state index in [1.807, 2.05) is 87.5 Å². The van der Waals surface area contributed by atoms with Crippen molar-refractivity contribution in [3.05, 3.63) is 77.9 Å². The summed E-state index contributed by atoms with van der Waals surface area (Å²) in [4.78, 5) is 14.9. The minimum atomic E-state index is -0.102. The summed E-state index contributed by atoms with van der Waals surface area (Å²) in [6.45, 7) is 8.18. The van der Waals surface area contributed by atoms with Crippen LogP contribution >= 0.6 is 0 Å². The molecule has 3 aromatic rings. The number of hydrogen-bond donors (Lipinski definition) is 1. The molecule has 6 nitrogen and oxygen atoms in total. The summed E-state index contributed by atoms with van der Waals surface area (Å²) in [5.74, 6) is 2.64. The molecule has 6 heteroatoms. The number of likely N-dealkylation sites (N-methyl/N-ethyl adjacent to an activating group) is 1. The number of nitrogens with zero attached hydrogens (tertiary/aromatic N) is 1. The van der Waals surface area contributed by atoms with Crippen LogP contribution in [0, 0.1) is 6.92 Å². The van der Waals surface area contributed by atoms with Gasteiger partial charge in [-0.15, -0.1) is 0 Å². The van der Waals surface area contributed by atoms with Gasteiger partial charge in [-0.05, 0) is 62.4 Å². The molecule has 0 saturated carbocycles. The molecule has 0 aromatic heterocycles. The number of para-hydroxylation sites is 2. The normalized spacial score (nSPS) is 10.7. The summed E-state index contributed by atoms with van der Waals surface area (Å²) in [6, 6.07) is 21.1. The van der Waals surface area contributed by atoms with E-state index in [4.69, 9.17) is 14.2 Å². The maximum absolute atomic E-state index is 12.8. The van der Waals surface area contributed by atoms with E-state index < -0.39 is 0 Å². The Morgan fingerprint density at radius 2 is 1.70 bits per heavy atom. The Morgan fingerprint density at radius 3 is 2.39 bits per heavy atom.